The van der Waals surface area contributed by atoms with E-state index >= 15 is 0 Å². The molecule has 1 spiro atoms. The van der Waals surface area contributed by atoms with Gasteiger partial charge in [0.1, 0.15) is 6.10 Å². The molecule has 2 heterocycles. The van der Waals surface area contributed by atoms with Crippen LogP contribution in [-0.2, 0) is 14.2 Å². The summed E-state index contributed by atoms with van der Waals surface area (Å²) >= 11 is 0. The van der Waals surface area contributed by atoms with E-state index in [1.165, 1.54) is 5.57 Å². The fourth-order valence-electron chi connectivity index (χ4n) is 4.49. The number of nitrogens with one attached hydrogen (secondary N) is 1. The Labute approximate surface area is 138 Å². The number of amides is 1. The topological polar surface area (TPSA) is 63.4 Å². The van der Waals surface area contributed by atoms with Gasteiger partial charge in [0, 0.05) is 18.9 Å². The van der Waals surface area contributed by atoms with E-state index in [0.717, 1.165) is 25.9 Å². The van der Waals surface area contributed by atoms with Gasteiger partial charge in [-0.05, 0) is 40.0 Å². The van der Waals surface area contributed by atoms with E-state index in [1.807, 2.05) is 0 Å². The van der Waals surface area contributed by atoms with Crippen molar-refractivity contribution < 1.29 is 19.0 Å². The second kappa shape index (κ2) is 5.78. The summed E-state index contributed by atoms with van der Waals surface area (Å²) in [5, 5.41) is 2.55. The van der Waals surface area contributed by atoms with Gasteiger partial charge < -0.3 is 19.5 Å². The van der Waals surface area contributed by atoms with E-state index in [4.69, 9.17) is 14.2 Å². The van der Waals surface area contributed by atoms with Gasteiger partial charge >= 0.3 is 6.09 Å². The summed E-state index contributed by atoms with van der Waals surface area (Å²) < 4.78 is 17.6. The van der Waals surface area contributed by atoms with Crippen LogP contribution in [0.5, 0.6) is 0 Å². The first kappa shape index (κ1) is 16.8. The van der Waals surface area contributed by atoms with Crippen molar-refractivity contribution in [2.24, 2.45) is 11.8 Å². The molecular weight excluding hydrogens is 294 g/mol. The normalized spacial score (nSPS) is 44.6. The van der Waals surface area contributed by atoms with Crippen LogP contribution in [0.1, 0.15) is 47.0 Å². The summed E-state index contributed by atoms with van der Waals surface area (Å²) in [4.78, 5) is 11.6. The standard InChI is InChI=1S/C18H29NO4/c1-11(2)6-7-14-17(4,23-14)15-12(3)13(22-16(20)19-5)8-9-18(15)10-21-18/h6,12-15H,7-10H2,1-5H3,(H,19,20)/t12?,13?,14-,15?,17?,18+/m1/s1. The highest BCUT2D eigenvalue weighted by molar-refractivity contribution is 5.66. The summed E-state index contributed by atoms with van der Waals surface area (Å²) in [5.74, 6) is 0.499. The van der Waals surface area contributed by atoms with Gasteiger partial charge in [0.15, 0.2) is 0 Å². The zero-order valence-corrected chi connectivity index (χ0v) is 14.8. The lowest BCUT2D eigenvalue weighted by molar-refractivity contribution is -0.0418. The Kier molecular flexibility index (Phi) is 4.21. The summed E-state index contributed by atoms with van der Waals surface area (Å²) in [6, 6.07) is 0. The number of hydrogen-bond acceptors (Lipinski definition) is 4. The third-order valence-corrected chi connectivity index (χ3v) is 5.84. The summed E-state index contributed by atoms with van der Waals surface area (Å²) in [6.07, 6.45) is 4.81. The Morgan fingerprint density at radius 3 is 2.70 bits per heavy atom. The molecule has 3 aliphatic rings. The van der Waals surface area contributed by atoms with Crippen LogP contribution >= 0.6 is 0 Å². The largest absolute Gasteiger partial charge is 0.446 e. The molecule has 3 fully saturated rings. The minimum Gasteiger partial charge on any atom is -0.446 e. The Morgan fingerprint density at radius 2 is 2.13 bits per heavy atom. The smallest absolute Gasteiger partial charge is 0.407 e. The van der Waals surface area contributed by atoms with E-state index in [9.17, 15) is 4.79 Å². The molecule has 4 unspecified atom stereocenters. The van der Waals surface area contributed by atoms with E-state index < -0.39 is 0 Å². The Hall–Kier alpha value is -1.07. The number of alkyl carbamates (subject to hydrolysis) is 1. The van der Waals surface area contributed by atoms with Gasteiger partial charge in [0.05, 0.1) is 23.9 Å². The van der Waals surface area contributed by atoms with Crippen molar-refractivity contribution in [1.82, 2.24) is 5.32 Å². The van der Waals surface area contributed by atoms with Gasteiger partial charge in [-0.15, -0.1) is 0 Å². The molecule has 5 heteroatoms. The van der Waals surface area contributed by atoms with E-state index in [-0.39, 0.29) is 41.3 Å². The molecule has 5 nitrogen and oxygen atoms in total. The quantitative estimate of drug-likeness (QED) is 0.638. The lowest BCUT2D eigenvalue weighted by Crippen LogP contribution is -2.51. The molecule has 0 aromatic carbocycles. The van der Waals surface area contributed by atoms with Crippen LogP contribution in [0, 0.1) is 11.8 Å². The number of carbonyl (C=O) groups is 1. The molecule has 0 aromatic heterocycles. The van der Waals surface area contributed by atoms with Crippen molar-refractivity contribution >= 4 is 6.09 Å². The van der Waals surface area contributed by atoms with Crippen LogP contribution in [-0.4, -0.2) is 43.2 Å². The summed E-state index contributed by atoms with van der Waals surface area (Å²) in [7, 11) is 1.60. The highest BCUT2D eigenvalue weighted by atomic mass is 16.6. The van der Waals surface area contributed by atoms with Crippen molar-refractivity contribution in [1.29, 1.82) is 0 Å². The summed E-state index contributed by atoms with van der Waals surface area (Å²) in [6.45, 7) is 9.40. The molecule has 1 saturated carbocycles. The molecule has 6 atom stereocenters. The second-order valence-corrected chi connectivity index (χ2v) is 7.73. The highest BCUT2D eigenvalue weighted by Crippen LogP contribution is 2.60. The van der Waals surface area contributed by atoms with Crippen molar-refractivity contribution in [2.45, 2.75) is 70.4 Å². The van der Waals surface area contributed by atoms with Gasteiger partial charge in [-0.25, -0.2) is 4.79 Å². The van der Waals surface area contributed by atoms with Gasteiger partial charge in [0.2, 0.25) is 0 Å². The first-order valence-electron chi connectivity index (χ1n) is 8.66. The van der Waals surface area contributed by atoms with E-state index in [1.54, 1.807) is 7.05 Å². The molecule has 1 aliphatic carbocycles. The van der Waals surface area contributed by atoms with Crippen LogP contribution in [0.4, 0.5) is 4.79 Å². The van der Waals surface area contributed by atoms with Crippen LogP contribution in [0.25, 0.3) is 0 Å². The molecule has 0 aromatic rings. The SMILES string of the molecule is CNC(=O)OC1CC[C@]2(CO2)C(C2(C)O[C@@H]2CC=C(C)C)C1C. The molecule has 3 rings (SSSR count). The van der Waals surface area contributed by atoms with Crippen LogP contribution < -0.4 is 5.32 Å². The average Bonchev–Trinajstić information content (AvgIpc) is 3.39. The van der Waals surface area contributed by atoms with Crippen molar-refractivity contribution in [3.8, 4) is 0 Å². The number of allylic oxidation sites excluding steroid dienone is 1. The predicted molar refractivity (Wildman–Crippen MR) is 87.2 cm³/mol. The third-order valence-electron chi connectivity index (χ3n) is 5.84. The lowest BCUT2D eigenvalue weighted by atomic mass is 9.64. The minimum atomic E-state index is -0.351. The molecule has 1 amide bonds. The molecule has 0 radical (unpaired) electrons. The molecule has 1 N–H and O–H groups in total. The van der Waals surface area contributed by atoms with Crippen molar-refractivity contribution in [3.05, 3.63) is 11.6 Å². The zero-order valence-electron chi connectivity index (χ0n) is 14.8. The number of rotatable bonds is 4. The molecule has 23 heavy (non-hydrogen) atoms. The third kappa shape index (κ3) is 3.01. The van der Waals surface area contributed by atoms with Gasteiger partial charge in [-0.2, -0.15) is 0 Å². The Balaban J connectivity index is 1.73. The monoisotopic (exact) mass is 323 g/mol. The van der Waals surface area contributed by atoms with E-state index in [2.05, 4.69) is 39.1 Å². The summed E-state index contributed by atoms with van der Waals surface area (Å²) in [5.41, 5.74) is 1.08. The molecule has 0 bridgehead atoms. The second-order valence-electron chi connectivity index (χ2n) is 7.73. The fraction of sp³-hybridized carbons (Fsp3) is 0.833. The van der Waals surface area contributed by atoms with Crippen LogP contribution in [0.2, 0.25) is 0 Å². The first-order chi connectivity index (χ1) is 10.8. The lowest BCUT2D eigenvalue weighted by Gasteiger charge is -2.42. The minimum absolute atomic E-state index is 0.0591. The van der Waals surface area contributed by atoms with Gasteiger partial charge in [-0.1, -0.05) is 18.6 Å². The Bertz CT molecular complexity index is 509. The molecular formula is C18H29NO4. The maximum Gasteiger partial charge on any atom is 0.407 e. The molecule has 2 aliphatic heterocycles. The predicted octanol–water partition coefficient (Wildman–Crippen LogP) is 3.04. The number of hydrogen-bond donors (Lipinski definition) is 1. The maximum atomic E-state index is 11.6. The van der Waals surface area contributed by atoms with Crippen molar-refractivity contribution in [3.63, 3.8) is 0 Å². The fourth-order valence-corrected chi connectivity index (χ4v) is 4.49. The average molecular weight is 323 g/mol. The Morgan fingerprint density at radius 1 is 1.43 bits per heavy atom. The van der Waals surface area contributed by atoms with Gasteiger partial charge in [0.25, 0.3) is 0 Å². The first-order valence-corrected chi connectivity index (χ1v) is 8.66. The van der Waals surface area contributed by atoms with E-state index in [0.29, 0.717) is 0 Å². The van der Waals surface area contributed by atoms with Crippen molar-refractivity contribution in [2.75, 3.05) is 13.7 Å². The molecule has 130 valence electrons. The maximum absolute atomic E-state index is 11.6. The molecule has 2 saturated heterocycles. The van der Waals surface area contributed by atoms with Crippen LogP contribution in [0.15, 0.2) is 11.6 Å². The highest BCUT2D eigenvalue weighted by Gasteiger charge is 2.70. The zero-order chi connectivity index (χ0) is 16.8. The number of ether oxygens (including phenoxy) is 3. The number of epoxide rings is 2. The van der Waals surface area contributed by atoms with Gasteiger partial charge in [-0.3, -0.25) is 0 Å². The van der Waals surface area contributed by atoms with Crippen LogP contribution in [0.3, 0.4) is 0 Å². The number of carbonyl (C=O) groups excluding carboxylic acids is 1.